The second-order valence-electron chi connectivity index (χ2n) is 4.53. The van der Waals surface area contributed by atoms with Crippen molar-refractivity contribution in [2.24, 2.45) is 7.05 Å². The largest absolute Gasteiger partial charge is 0.368 e. The van der Waals surface area contributed by atoms with E-state index >= 15 is 0 Å². The highest BCUT2D eigenvalue weighted by Gasteiger charge is 2.15. The van der Waals surface area contributed by atoms with Gasteiger partial charge < -0.3 is 10.2 Å². The van der Waals surface area contributed by atoms with Crippen LogP contribution in [0, 0.1) is 11.6 Å². The van der Waals surface area contributed by atoms with Gasteiger partial charge in [0.15, 0.2) is 23.3 Å². The zero-order valence-electron chi connectivity index (χ0n) is 11.7. The molecule has 0 radical (unpaired) electrons. The predicted octanol–water partition coefficient (Wildman–Crippen LogP) is 2.16. The van der Waals surface area contributed by atoms with E-state index in [0.717, 1.165) is 11.6 Å². The summed E-state index contributed by atoms with van der Waals surface area (Å²) in [6.45, 7) is 2.78. The van der Waals surface area contributed by atoms with Gasteiger partial charge in [0.25, 0.3) is 0 Å². The molecule has 1 N–H and O–H groups in total. The quantitative estimate of drug-likeness (QED) is 0.912. The number of hydrogen-bond acceptors (Lipinski definition) is 4. The van der Waals surface area contributed by atoms with E-state index in [9.17, 15) is 8.78 Å². The second kappa shape index (κ2) is 5.85. The average Bonchev–Trinajstić information content (AvgIpc) is 2.78. The van der Waals surface area contributed by atoms with Gasteiger partial charge in [0.05, 0.1) is 6.20 Å². The first-order valence-corrected chi connectivity index (χ1v) is 6.29. The summed E-state index contributed by atoms with van der Waals surface area (Å²) in [4.78, 5) is 5.62. The molecule has 0 spiro atoms. The van der Waals surface area contributed by atoms with Gasteiger partial charge in [-0.25, -0.2) is 13.8 Å². The van der Waals surface area contributed by atoms with E-state index in [1.807, 2.05) is 20.2 Å². The molecule has 2 heterocycles. The molecule has 0 aliphatic rings. The van der Waals surface area contributed by atoms with Crippen LogP contribution in [0.15, 0.2) is 18.5 Å². The van der Waals surface area contributed by atoms with Gasteiger partial charge in [0.1, 0.15) is 0 Å². The molecule has 7 heteroatoms. The molecule has 0 saturated carbocycles. The Labute approximate surface area is 116 Å². The number of rotatable bonds is 5. The maximum Gasteiger partial charge on any atom is 0.168 e. The average molecular weight is 281 g/mol. The third-order valence-electron chi connectivity index (χ3n) is 2.79. The number of nitrogens with one attached hydrogen (secondary N) is 1. The lowest BCUT2D eigenvalue weighted by molar-refractivity contribution is 0.572. The zero-order chi connectivity index (χ0) is 14.7. The lowest BCUT2D eigenvalue weighted by Gasteiger charge is -2.19. The normalized spacial score (nSPS) is 10.7. The summed E-state index contributed by atoms with van der Waals surface area (Å²) < 4.78 is 29.0. The van der Waals surface area contributed by atoms with Crippen molar-refractivity contribution >= 4 is 11.6 Å². The number of nitrogens with zero attached hydrogens (tertiary/aromatic N) is 4. The minimum absolute atomic E-state index is 0.0573. The number of hydrogen-bond donors (Lipinski definition) is 1. The Morgan fingerprint density at radius 3 is 2.70 bits per heavy atom. The molecule has 0 atom stereocenters. The standard InChI is InChI=1S/C13H17F2N5/c1-4-16-12-10(14)5-11(15)13(18-12)19(2)7-9-6-17-20(3)8-9/h5-6,8H,4,7H2,1-3H3,(H,16,18). The molecule has 0 aromatic carbocycles. The van der Waals surface area contributed by atoms with E-state index in [1.54, 1.807) is 22.8 Å². The Kier molecular flexibility index (Phi) is 4.16. The Bertz CT molecular complexity index is 596. The minimum atomic E-state index is -0.692. The highest BCUT2D eigenvalue weighted by Crippen LogP contribution is 2.22. The third kappa shape index (κ3) is 3.04. The van der Waals surface area contributed by atoms with Gasteiger partial charge in [-0.15, -0.1) is 0 Å². The van der Waals surface area contributed by atoms with Gasteiger partial charge in [-0.1, -0.05) is 0 Å². The van der Waals surface area contributed by atoms with Crippen LogP contribution in [0.4, 0.5) is 20.4 Å². The number of aryl methyl sites for hydroxylation is 1. The third-order valence-corrected chi connectivity index (χ3v) is 2.79. The van der Waals surface area contributed by atoms with Crippen LogP contribution >= 0.6 is 0 Å². The van der Waals surface area contributed by atoms with E-state index in [0.29, 0.717) is 13.1 Å². The van der Waals surface area contributed by atoms with Crippen LogP contribution in [0.5, 0.6) is 0 Å². The van der Waals surface area contributed by atoms with E-state index in [1.165, 1.54) is 0 Å². The number of anilines is 2. The first-order chi connectivity index (χ1) is 9.51. The first kappa shape index (κ1) is 14.2. The van der Waals surface area contributed by atoms with Crippen molar-refractivity contribution < 1.29 is 8.78 Å². The lowest BCUT2D eigenvalue weighted by atomic mass is 10.3. The van der Waals surface area contributed by atoms with Crippen LogP contribution in [0.3, 0.4) is 0 Å². The van der Waals surface area contributed by atoms with Gasteiger partial charge in [-0.2, -0.15) is 5.10 Å². The summed E-state index contributed by atoms with van der Waals surface area (Å²) in [5.41, 5.74) is 0.922. The van der Waals surface area contributed by atoms with Crippen LogP contribution in [0.2, 0.25) is 0 Å². The summed E-state index contributed by atoms with van der Waals surface area (Å²) in [7, 11) is 3.51. The van der Waals surface area contributed by atoms with Gasteiger partial charge in [-0.05, 0) is 6.92 Å². The molecular weight excluding hydrogens is 264 g/mol. The van der Waals surface area contributed by atoms with Gasteiger partial charge in [0.2, 0.25) is 0 Å². The number of pyridine rings is 1. The summed E-state index contributed by atoms with van der Waals surface area (Å²) in [5.74, 6) is -1.22. The predicted molar refractivity (Wildman–Crippen MR) is 73.6 cm³/mol. The van der Waals surface area contributed by atoms with Crippen molar-refractivity contribution in [2.75, 3.05) is 23.8 Å². The summed E-state index contributed by atoms with van der Waals surface area (Å²) in [6.07, 6.45) is 3.53. The Hall–Kier alpha value is -2.18. The summed E-state index contributed by atoms with van der Waals surface area (Å²) in [6, 6.07) is 0.847. The molecule has 5 nitrogen and oxygen atoms in total. The molecule has 0 unspecified atom stereocenters. The molecule has 0 aliphatic heterocycles. The van der Waals surface area contributed by atoms with Crippen LogP contribution in [0.25, 0.3) is 0 Å². The molecule has 0 saturated heterocycles. The van der Waals surface area contributed by atoms with Gasteiger partial charge >= 0.3 is 0 Å². The SMILES string of the molecule is CCNc1nc(N(C)Cc2cnn(C)c2)c(F)cc1F. The van der Waals surface area contributed by atoms with E-state index in [-0.39, 0.29) is 11.6 Å². The number of aromatic nitrogens is 3. The van der Waals surface area contributed by atoms with Crippen LogP contribution in [0.1, 0.15) is 12.5 Å². The zero-order valence-corrected chi connectivity index (χ0v) is 11.7. The molecule has 0 fully saturated rings. The monoisotopic (exact) mass is 281 g/mol. The Balaban J connectivity index is 2.24. The van der Waals surface area contributed by atoms with Crippen LogP contribution in [-0.4, -0.2) is 28.4 Å². The molecule has 0 amide bonds. The number of halogens is 2. The maximum atomic E-state index is 13.8. The topological polar surface area (TPSA) is 46.0 Å². The van der Waals surface area contributed by atoms with E-state index in [2.05, 4.69) is 15.4 Å². The van der Waals surface area contributed by atoms with Crippen molar-refractivity contribution in [3.8, 4) is 0 Å². The van der Waals surface area contributed by atoms with Crippen molar-refractivity contribution in [1.29, 1.82) is 0 Å². The molecule has 0 aliphatic carbocycles. The van der Waals surface area contributed by atoms with Crippen molar-refractivity contribution in [3.63, 3.8) is 0 Å². The Morgan fingerprint density at radius 1 is 1.35 bits per heavy atom. The molecule has 20 heavy (non-hydrogen) atoms. The van der Waals surface area contributed by atoms with Gasteiger partial charge in [0, 0.05) is 45.0 Å². The molecule has 0 bridgehead atoms. The fourth-order valence-electron chi connectivity index (χ4n) is 1.92. The minimum Gasteiger partial charge on any atom is -0.368 e. The van der Waals surface area contributed by atoms with Gasteiger partial charge in [-0.3, -0.25) is 4.68 Å². The van der Waals surface area contributed by atoms with Crippen molar-refractivity contribution in [2.45, 2.75) is 13.5 Å². The van der Waals surface area contributed by atoms with Crippen molar-refractivity contribution in [1.82, 2.24) is 14.8 Å². The molecule has 2 aromatic rings. The second-order valence-corrected chi connectivity index (χ2v) is 4.53. The highest BCUT2D eigenvalue weighted by atomic mass is 19.1. The first-order valence-electron chi connectivity index (χ1n) is 6.29. The van der Waals surface area contributed by atoms with E-state index in [4.69, 9.17) is 0 Å². The van der Waals surface area contributed by atoms with Crippen LogP contribution in [-0.2, 0) is 13.6 Å². The summed E-state index contributed by atoms with van der Waals surface area (Å²) in [5, 5.41) is 6.82. The molecule has 2 rings (SSSR count). The van der Waals surface area contributed by atoms with Crippen molar-refractivity contribution in [3.05, 3.63) is 35.7 Å². The lowest BCUT2D eigenvalue weighted by Crippen LogP contribution is -2.20. The fourth-order valence-corrected chi connectivity index (χ4v) is 1.92. The maximum absolute atomic E-state index is 13.8. The molecular formula is C13H17F2N5. The van der Waals surface area contributed by atoms with Crippen LogP contribution < -0.4 is 10.2 Å². The smallest absolute Gasteiger partial charge is 0.168 e. The molecule has 2 aromatic heterocycles. The summed E-state index contributed by atoms with van der Waals surface area (Å²) >= 11 is 0. The fraction of sp³-hybridized carbons (Fsp3) is 0.385. The highest BCUT2D eigenvalue weighted by molar-refractivity contribution is 5.49. The van der Waals surface area contributed by atoms with E-state index < -0.39 is 11.6 Å². The Morgan fingerprint density at radius 2 is 2.10 bits per heavy atom. The molecule has 108 valence electrons.